The Balaban J connectivity index is 2.41. The highest BCUT2D eigenvalue weighted by molar-refractivity contribution is 6.30. The van der Waals surface area contributed by atoms with Crippen LogP contribution in [-0.2, 0) is 0 Å². The molecule has 0 spiro atoms. The molecule has 0 radical (unpaired) electrons. The van der Waals surface area contributed by atoms with Gasteiger partial charge in [0.2, 0.25) is 0 Å². The molecule has 0 aromatic heterocycles. The van der Waals surface area contributed by atoms with Crippen LogP contribution >= 0.6 is 23.2 Å². The van der Waals surface area contributed by atoms with Crippen molar-refractivity contribution in [2.24, 2.45) is 0 Å². The quantitative estimate of drug-likeness (QED) is 0.836. The first-order valence-corrected chi connectivity index (χ1v) is 7.12. The third-order valence-corrected chi connectivity index (χ3v) is 3.64. The Morgan fingerprint density at radius 1 is 1.00 bits per heavy atom. The Kier molecular flexibility index (Phi) is 4.87. The second-order valence-electron chi connectivity index (χ2n) is 4.54. The van der Waals surface area contributed by atoms with Crippen molar-refractivity contribution in [3.05, 3.63) is 69.2 Å². The average molecular weight is 294 g/mol. The Bertz CT molecular complexity index is 549. The molecule has 0 saturated carbocycles. The van der Waals surface area contributed by atoms with Crippen molar-refractivity contribution in [1.29, 1.82) is 0 Å². The van der Waals surface area contributed by atoms with Crippen LogP contribution in [0.25, 0.3) is 0 Å². The van der Waals surface area contributed by atoms with Crippen molar-refractivity contribution < 1.29 is 0 Å². The number of rotatable bonds is 4. The molecule has 0 fully saturated rings. The summed E-state index contributed by atoms with van der Waals surface area (Å²) in [5.74, 6) is 0. The van der Waals surface area contributed by atoms with E-state index in [9.17, 15) is 0 Å². The van der Waals surface area contributed by atoms with E-state index in [-0.39, 0.29) is 6.04 Å². The van der Waals surface area contributed by atoms with E-state index in [1.807, 2.05) is 24.3 Å². The molecule has 19 heavy (non-hydrogen) atoms. The molecule has 1 atom stereocenters. The van der Waals surface area contributed by atoms with E-state index in [4.69, 9.17) is 23.2 Å². The van der Waals surface area contributed by atoms with Gasteiger partial charge in [0.25, 0.3) is 0 Å². The first-order valence-electron chi connectivity index (χ1n) is 6.36. The molecule has 3 heteroatoms. The fourth-order valence-electron chi connectivity index (χ4n) is 2.23. The summed E-state index contributed by atoms with van der Waals surface area (Å²) < 4.78 is 0. The van der Waals surface area contributed by atoms with Crippen molar-refractivity contribution >= 4 is 23.2 Å². The predicted molar refractivity (Wildman–Crippen MR) is 83.2 cm³/mol. The number of aryl methyl sites for hydroxylation is 1. The summed E-state index contributed by atoms with van der Waals surface area (Å²) in [7, 11) is 0. The van der Waals surface area contributed by atoms with E-state index in [0.29, 0.717) is 0 Å². The maximum absolute atomic E-state index is 6.03. The van der Waals surface area contributed by atoms with Gasteiger partial charge in [-0.2, -0.15) is 0 Å². The molecule has 0 saturated heterocycles. The summed E-state index contributed by atoms with van der Waals surface area (Å²) in [4.78, 5) is 0. The van der Waals surface area contributed by atoms with Crippen LogP contribution in [0.1, 0.15) is 29.7 Å². The van der Waals surface area contributed by atoms with Gasteiger partial charge >= 0.3 is 0 Å². The molecule has 1 N–H and O–H groups in total. The summed E-state index contributed by atoms with van der Waals surface area (Å²) >= 11 is 12.0. The minimum absolute atomic E-state index is 0.166. The van der Waals surface area contributed by atoms with Gasteiger partial charge in [-0.05, 0) is 54.4 Å². The highest BCUT2D eigenvalue weighted by Crippen LogP contribution is 2.27. The van der Waals surface area contributed by atoms with Crippen molar-refractivity contribution in [2.75, 3.05) is 6.54 Å². The fourth-order valence-corrected chi connectivity index (χ4v) is 2.58. The van der Waals surface area contributed by atoms with Crippen LogP contribution in [0.15, 0.2) is 42.5 Å². The maximum atomic E-state index is 6.03. The Hall–Kier alpha value is -1.02. The molecule has 0 aliphatic heterocycles. The van der Waals surface area contributed by atoms with E-state index in [1.165, 1.54) is 16.7 Å². The normalized spacial score (nSPS) is 12.4. The van der Waals surface area contributed by atoms with Crippen LogP contribution < -0.4 is 5.32 Å². The number of halogens is 2. The van der Waals surface area contributed by atoms with E-state index < -0.39 is 0 Å². The minimum Gasteiger partial charge on any atom is -0.307 e. The molecule has 0 aliphatic rings. The van der Waals surface area contributed by atoms with E-state index in [1.54, 1.807) is 0 Å². The molecule has 1 unspecified atom stereocenters. The Morgan fingerprint density at radius 3 is 2.21 bits per heavy atom. The molecule has 2 aromatic rings. The second kappa shape index (κ2) is 6.42. The van der Waals surface area contributed by atoms with Crippen LogP contribution in [0.4, 0.5) is 0 Å². The lowest BCUT2D eigenvalue weighted by atomic mass is 9.95. The molecule has 2 rings (SSSR count). The largest absolute Gasteiger partial charge is 0.307 e. The van der Waals surface area contributed by atoms with Crippen molar-refractivity contribution in [1.82, 2.24) is 5.32 Å². The highest BCUT2D eigenvalue weighted by Gasteiger charge is 2.15. The van der Waals surface area contributed by atoms with E-state index in [0.717, 1.165) is 16.6 Å². The number of nitrogens with one attached hydrogen (secondary N) is 1. The molecule has 0 amide bonds. The molecular weight excluding hydrogens is 277 g/mol. The van der Waals surface area contributed by atoms with Crippen molar-refractivity contribution in [2.45, 2.75) is 19.9 Å². The summed E-state index contributed by atoms with van der Waals surface area (Å²) in [6.07, 6.45) is 0. The van der Waals surface area contributed by atoms with Gasteiger partial charge in [0.15, 0.2) is 0 Å². The maximum Gasteiger partial charge on any atom is 0.0579 e. The van der Waals surface area contributed by atoms with Crippen LogP contribution in [0.2, 0.25) is 10.0 Å². The fraction of sp³-hybridized carbons (Fsp3) is 0.250. The summed E-state index contributed by atoms with van der Waals surface area (Å²) in [6, 6.07) is 14.1. The van der Waals surface area contributed by atoms with Gasteiger partial charge < -0.3 is 5.32 Å². The Labute approximate surface area is 124 Å². The zero-order valence-electron chi connectivity index (χ0n) is 11.1. The molecule has 2 aromatic carbocycles. The predicted octanol–water partition coefficient (Wildman–Crippen LogP) is 5.00. The highest BCUT2D eigenvalue weighted by atomic mass is 35.5. The molecular formula is C16H17Cl2N. The molecule has 100 valence electrons. The lowest BCUT2D eigenvalue weighted by molar-refractivity contribution is 0.628. The smallest absolute Gasteiger partial charge is 0.0579 e. The Morgan fingerprint density at radius 2 is 1.63 bits per heavy atom. The third kappa shape index (κ3) is 3.50. The topological polar surface area (TPSA) is 12.0 Å². The first-order chi connectivity index (χ1) is 9.11. The average Bonchev–Trinajstić information content (AvgIpc) is 2.38. The minimum atomic E-state index is 0.166. The second-order valence-corrected chi connectivity index (χ2v) is 5.42. The van der Waals surface area contributed by atoms with E-state index in [2.05, 4.69) is 37.4 Å². The van der Waals surface area contributed by atoms with Crippen LogP contribution in [0.5, 0.6) is 0 Å². The van der Waals surface area contributed by atoms with Gasteiger partial charge in [-0.1, -0.05) is 48.3 Å². The van der Waals surface area contributed by atoms with Crippen LogP contribution in [0.3, 0.4) is 0 Å². The van der Waals surface area contributed by atoms with Gasteiger partial charge in [0.1, 0.15) is 0 Å². The van der Waals surface area contributed by atoms with E-state index >= 15 is 0 Å². The first kappa shape index (κ1) is 14.4. The number of hydrogen-bond acceptors (Lipinski definition) is 1. The summed E-state index contributed by atoms with van der Waals surface area (Å²) in [5.41, 5.74) is 3.64. The van der Waals surface area contributed by atoms with Gasteiger partial charge in [-0.15, -0.1) is 0 Å². The lowest BCUT2D eigenvalue weighted by Gasteiger charge is -2.21. The summed E-state index contributed by atoms with van der Waals surface area (Å²) in [5, 5.41) is 5.04. The van der Waals surface area contributed by atoms with Gasteiger partial charge in [-0.25, -0.2) is 0 Å². The summed E-state index contributed by atoms with van der Waals surface area (Å²) in [6.45, 7) is 5.09. The zero-order chi connectivity index (χ0) is 13.8. The SMILES string of the molecule is CCNC(c1ccc(Cl)cc1)c1ccc(Cl)cc1C. The van der Waals surface area contributed by atoms with Gasteiger partial charge in [-0.3, -0.25) is 0 Å². The standard InChI is InChI=1S/C16H17Cl2N/c1-3-19-16(12-4-6-13(17)7-5-12)15-9-8-14(18)10-11(15)2/h4-10,16,19H,3H2,1-2H3. The third-order valence-electron chi connectivity index (χ3n) is 3.15. The zero-order valence-corrected chi connectivity index (χ0v) is 12.6. The van der Waals surface area contributed by atoms with Crippen LogP contribution in [-0.4, -0.2) is 6.54 Å². The lowest BCUT2D eigenvalue weighted by Crippen LogP contribution is -2.22. The number of benzene rings is 2. The van der Waals surface area contributed by atoms with Gasteiger partial charge in [0, 0.05) is 10.0 Å². The molecule has 0 heterocycles. The molecule has 0 aliphatic carbocycles. The van der Waals surface area contributed by atoms with Crippen molar-refractivity contribution in [3.8, 4) is 0 Å². The van der Waals surface area contributed by atoms with Crippen molar-refractivity contribution in [3.63, 3.8) is 0 Å². The molecule has 1 nitrogen and oxygen atoms in total. The van der Waals surface area contributed by atoms with Gasteiger partial charge in [0.05, 0.1) is 6.04 Å². The molecule has 0 bridgehead atoms. The van der Waals surface area contributed by atoms with Crippen LogP contribution in [0, 0.1) is 6.92 Å². The number of hydrogen-bond donors (Lipinski definition) is 1. The monoisotopic (exact) mass is 293 g/mol.